The first-order valence-corrected chi connectivity index (χ1v) is 11.8. The Balaban J connectivity index is 1.64. The lowest BCUT2D eigenvalue weighted by Crippen LogP contribution is -2.54. The van der Waals surface area contributed by atoms with Gasteiger partial charge in [-0.05, 0) is 49.9 Å². The quantitative estimate of drug-likeness (QED) is 0.684. The van der Waals surface area contributed by atoms with Crippen molar-refractivity contribution in [3.05, 3.63) is 29.8 Å². The largest absolute Gasteiger partial charge is 0.444 e. The van der Waals surface area contributed by atoms with Gasteiger partial charge in [-0.15, -0.1) is 0 Å². The second-order valence-corrected chi connectivity index (χ2v) is 11.8. The maximum atomic E-state index is 12.8. The third kappa shape index (κ3) is 4.95. The molecule has 1 spiro atoms. The Morgan fingerprint density at radius 1 is 1.20 bits per heavy atom. The smallest absolute Gasteiger partial charge is 0.416 e. The maximum absolute atomic E-state index is 12.8. The summed E-state index contributed by atoms with van der Waals surface area (Å²) in [5, 5.41) is 3.29. The third-order valence-corrected chi connectivity index (χ3v) is 7.91. The van der Waals surface area contributed by atoms with E-state index in [1.807, 2.05) is 20.8 Å². The van der Waals surface area contributed by atoms with Gasteiger partial charge in [-0.25, -0.2) is 4.79 Å². The average Bonchev–Trinajstić information content (AvgIpc) is 3.05. The minimum Gasteiger partial charge on any atom is -0.444 e. The zero-order chi connectivity index (χ0) is 22.4. The van der Waals surface area contributed by atoms with Crippen LogP contribution in [0.4, 0.5) is 18.0 Å². The van der Waals surface area contributed by atoms with Crippen LogP contribution < -0.4 is 5.32 Å². The van der Waals surface area contributed by atoms with Gasteiger partial charge < -0.3 is 14.4 Å². The van der Waals surface area contributed by atoms with E-state index in [-0.39, 0.29) is 11.5 Å². The highest BCUT2D eigenvalue weighted by Gasteiger charge is 2.44. The third-order valence-electron chi connectivity index (χ3n) is 5.35. The first-order valence-electron chi connectivity index (χ1n) is 9.77. The number of nitrogens with one attached hydrogen (secondary N) is 1. The van der Waals surface area contributed by atoms with Crippen LogP contribution in [0, 0.1) is 0 Å². The van der Waals surface area contributed by atoms with Gasteiger partial charge in [-0.1, -0.05) is 11.7 Å². The van der Waals surface area contributed by atoms with Gasteiger partial charge in [0.2, 0.25) is 0 Å². The van der Waals surface area contributed by atoms with Crippen molar-refractivity contribution in [2.75, 3.05) is 19.7 Å². The number of alkyl halides is 3. The van der Waals surface area contributed by atoms with Gasteiger partial charge in [-0.3, -0.25) is 5.32 Å². The van der Waals surface area contributed by atoms with E-state index in [1.165, 1.54) is 12.1 Å². The molecule has 2 saturated heterocycles. The molecule has 1 N–H and O–H groups in total. The van der Waals surface area contributed by atoms with Crippen molar-refractivity contribution in [1.82, 2.24) is 10.2 Å². The van der Waals surface area contributed by atoms with Gasteiger partial charge >= 0.3 is 12.3 Å². The summed E-state index contributed by atoms with van der Waals surface area (Å²) in [4.78, 5) is 14.6. The Kier molecular flexibility index (Phi) is 5.94. The first kappa shape index (κ1) is 23.0. The highest BCUT2D eigenvalue weighted by molar-refractivity contribution is 8.28. The molecule has 3 rings (SSSR count). The summed E-state index contributed by atoms with van der Waals surface area (Å²) in [6.45, 7) is 6.84. The second-order valence-electron chi connectivity index (χ2n) is 8.87. The van der Waals surface area contributed by atoms with Crippen LogP contribution in [-0.4, -0.2) is 59.1 Å². The molecular weight excluding hydrogens is 417 g/mol. The van der Waals surface area contributed by atoms with Gasteiger partial charge in [-0.2, -0.15) is 22.4 Å². The zero-order valence-corrected chi connectivity index (χ0v) is 18.4. The Morgan fingerprint density at radius 3 is 2.27 bits per heavy atom. The molecule has 1 unspecified atom stereocenters. The van der Waals surface area contributed by atoms with Crippen LogP contribution in [0.5, 0.6) is 0 Å². The summed E-state index contributed by atoms with van der Waals surface area (Å²) in [7, 11) is -1.94. The van der Waals surface area contributed by atoms with Gasteiger partial charge in [0.1, 0.15) is 11.3 Å². The van der Waals surface area contributed by atoms with Crippen LogP contribution in [0.25, 0.3) is 0 Å². The fourth-order valence-corrected chi connectivity index (χ4v) is 5.38. The van der Waals surface area contributed by atoms with Gasteiger partial charge in [0.25, 0.3) is 0 Å². The van der Waals surface area contributed by atoms with Gasteiger partial charge in [0, 0.05) is 25.9 Å². The number of rotatable bonds is 2. The molecule has 0 radical (unpaired) electrons. The number of likely N-dealkylation sites (tertiary alicyclic amines) is 1. The molecule has 2 heterocycles. The van der Waals surface area contributed by atoms with E-state index in [1.54, 1.807) is 4.90 Å². The molecule has 1 aromatic rings. The predicted molar refractivity (Wildman–Crippen MR) is 114 cm³/mol. The molecule has 1 aromatic carbocycles. The maximum Gasteiger partial charge on any atom is 0.416 e. The lowest BCUT2D eigenvalue weighted by molar-refractivity contribution is -0.137. The molecule has 9 heteroatoms. The fraction of sp³-hybridized carbons (Fsp3) is 0.571. The summed E-state index contributed by atoms with van der Waals surface area (Å²) in [5.74, 6) is 8.48. The highest BCUT2D eigenvalue weighted by atomic mass is 32.2. The molecule has 1 amide bonds. The Morgan fingerprint density at radius 2 is 1.77 bits per heavy atom. The minimum atomic E-state index is -4.38. The number of amides is 1. The molecule has 30 heavy (non-hydrogen) atoms. The molecule has 0 bridgehead atoms. The molecule has 1 atom stereocenters. The number of nitrogens with zero attached hydrogens (tertiary/aromatic N) is 1. The molecule has 0 aromatic heterocycles. The summed E-state index contributed by atoms with van der Waals surface area (Å²) >= 11 is 0. The van der Waals surface area contributed by atoms with Gasteiger partial charge in [0.05, 0.1) is 17.5 Å². The molecule has 2 fully saturated rings. The number of hydrogen-bond donors (Lipinski definition) is 1. The number of ether oxygens (including phenoxy) is 2. The predicted octanol–water partition coefficient (Wildman–Crippen LogP) is 4.41. The van der Waals surface area contributed by atoms with Crippen LogP contribution in [0.15, 0.2) is 29.2 Å². The van der Waals surface area contributed by atoms with Crippen molar-refractivity contribution < 1.29 is 27.4 Å². The van der Waals surface area contributed by atoms with Crippen molar-refractivity contribution in [2.45, 2.75) is 61.4 Å². The summed E-state index contributed by atoms with van der Waals surface area (Å²) in [6.07, 6.45) is -3.54. The molecule has 0 aliphatic carbocycles. The lowest BCUT2D eigenvalue weighted by atomic mass is 10.0. The minimum absolute atomic E-state index is 0.192. The summed E-state index contributed by atoms with van der Waals surface area (Å²) in [6, 6.07) is 5.04. The molecule has 168 valence electrons. The highest BCUT2D eigenvalue weighted by Crippen LogP contribution is 2.43. The lowest BCUT2D eigenvalue weighted by Gasteiger charge is -2.39. The van der Waals surface area contributed by atoms with E-state index >= 15 is 0 Å². The molecular formula is C21H29F3N2O3S. The Bertz CT molecular complexity index is 882. The van der Waals surface area contributed by atoms with Crippen LogP contribution in [0.3, 0.4) is 0 Å². The van der Waals surface area contributed by atoms with Crippen LogP contribution in [0.1, 0.15) is 39.2 Å². The summed E-state index contributed by atoms with van der Waals surface area (Å²) < 4.78 is 50.0. The average molecular weight is 447 g/mol. The summed E-state index contributed by atoms with van der Waals surface area (Å²) in [5.41, 5.74) is -1.82. The Hall–Kier alpha value is -1.71. The van der Waals surface area contributed by atoms with E-state index < -0.39 is 32.3 Å². The number of carbonyl (C=O) groups excluding carboxylic acids is 1. The van der Waals surface area contributed by atoms with Crippen molar-refractivity contribution >= 4 is 27.0 Å². The number of hydrogen-bond acceptors (Lipinski definition) is 4. The molecule has 2 aliphatic heterocycles. The second kappa shape index (κ2) is 7.76. The Labute approximate surface area is 176 Å². The SMILES string of the molecule is C=S(=C)(c1ccc(C(F)(F)F)cc1)C1COC2(CCN(C(=O)OC(C)(C)C)CC2)N1. The first-order chi connectivity index (χ1) is 13.7. The van der Waals surface area contributed by atoms with Crippen molar-refractivity contribution in [2.24, 2.45) is 0 Å². The van der Waals surface area contributed by atoms with Crippen molar-refractivity contribution in [3.8, 4) is 0 Å². The molecule has 5 nitrogen and oxygen atoms in total. The van der Waals surface area contributed by atoms with E-state index in [2.05, 4.69) is 17.1 Å². The van der Waals surface area contributed by atoms with Crippen molar-refractivity contribution in [3.63, 3.8) is 0 Å². The van der Waals surface area contributed by atoms with E-state index in [0.717, 1.165) is 12.1 Å². The van der Waals surface area contributed by atoms with Crippen LogP contribution in [0.2, 0.25) is 0 Å². The normalized spacial score (nSPS) is 22.3. The van der Waals surface area contributed by atoms with E-state index in [9.17, 15) is 18.0 Å². The number of benzene rings is 1. The monoisotopic (exact) mass is 446 g/mol. The van der Waals surface area contributed by atoms with Crippen LogP contribution >= 0.6 is 9.21 Å². The zero-order valence-electron chi connectivity index (χ0n) is 17.6. The fourth-order valence-electron chi connectivity index (χ4n) is 3.60. The standard InChI is InChI=1S/C21H29F3N2O3S/c1-19(2,3)29-18(27)26-12-10-20(11-13-26)25-17(14-28-20)30(4,5)16-8-6-15(7-9-16)21(22,23)24/h6-9,17,25H,4-5,10-14H2,1-3H3. The number of piperidine rings is 1. The number of carbonyl (C=O) groups is 1. The van der Waals surface area contributed by atoms with Gasteiger partial charge in [0.15, 0.2) is 0 Å². The van der Waals surface area contributed by atoms with E-state index in [4.69, 9.17) is 9.47 Å². The molecule has 2 aliphatic rings. The topological polar surface area (TPSA) is 50.8 Å². The van der Waals surface area contributed by atoms with Crippen molar-refractivity contribution in [1.29, 1.82) is 0 Å². The van der Waals surface area contributed by atoms with E-state index in [0.29, 0.717) is 37.4 Å². The number of halogens is 3. The van der Waals surface area contributed by atoms with Crippen LogP contribution in [-0.2, 0) is 15.7 Å². The molecule has 0 saturated carbocycles.